The molecule has 0 amide bonds. The highest BCUT2D eigenvalue weighted by atomic mass is 16.3. The van der Waals surface area contributed by atoms with Crippen LogP contribution < -0.4 is 5.72 Å². The van der Waals surface area contributed by atoms with Gasteiger partial charge in [0, 0.05) is 11.8 Å². The second-order valence-corrected chi connectivity index (χ2v) is 4.00. The lowest BCUT2D eigenvalue weighted by Crippen LogP contribution is -2.06. The summed E-state index contributed by atoms with van der Waals surface area (Å²) < 4.78 is 1.49. The second kappa shape index (κ2) is 3.84. The van der Waals surface area contributed by atoms with Gasteiger partial charge in [0.2, 0.25) is 0 Å². The van der Waals surface area contributed by atoms with E-state index in [1.165, 1.54) is 4.52 Å². The Hall–Kier alpha value is -2.37. The number of hydrogen-bond acceptors (Lipinski definition) is 4. The number of phenols is 1. The van der Waals surface area contributed by atoms with Crippen LogP contribution in [0.2, 0.25) is 0 Å². The van der Waals surface area contributed by atoms with E-state index in [0.29, 0.717) is 17.0 Å². The molecule has 2 radical (unpaired) electrons. The summed E-state index contributed by atoms with van der Waals surface area (Å²) >= 11 is 0. The van der Waals surface area contributed by atoms with E-state index in [0.717, 1.165) is 5.56 Å². The predicted molar refractivity (Wildman–Crippen MR) is 68.0 cm³/mol. The van der Waals surface area contributed by atoms with Crippen molar-refractivity contribution in [2.24, 2.45) is 0 Å². The van der Waals surface area contributed by atoms with E-state index in [2.05, 4.69) is 15.1 Å². The Morgan fingerprint density at radius 3 is 2.83 bits per heavy atom. The lowest BCUT2D eigenvalue weighted by atomic mass is 10.0. The lowest BCUT2D eigenvalue weighted by molar-refractivity contribution is 0.476. The number of aryl methyl sites for hydroxylation is 1. The molecule has 0 aliphatic carbocycles. The highest BCUT2D eigenvalue weighted by molar-refractivity contribution is 6.29. The summed E-state index contributed by atoms with van der Waals surface area (Å²) in [6.45, 7) is 1.92. The summed E-state index contributed by atoms with van der Waals surface area (Å²) in [4.78, 5) is 8.33. The zero-order valence-corrected chi connectivity index (χ0v) is 9.70. The molecule has 1 N–H and O–H groups in total. The minimum Gasteiger partial charge on any atom is -0.507 e. The minimum atomic E-state index is 0.175. The molecule has 0 fully saturated rings. The van der Waals surface area contributed by atoms with Crippen molar-refractivity contribution in [2.75, 3.05) is 0 Å². The van der Waals surface area contributed by atoms with Crippen LogP contribution in [0.5, 0.6) is 5.75 Å². The molecular weight excluding hydrogens is 227 g/mol. The molecule has 0 aliphatic heterocycles. The molecule has 0 atom stereocenters. The molecule has 0 spiro atoms. The van der Waals surface area contributed by atoms with Gasteiger partial charge in [-0.05, 0) is 24.6 Å². The molecule has 0 bridgehead atoms. The quantitative estimate of drug-likeness (QED) is 0.628. The molecule has 0 saturated carbocycles. The van der Waals surface area contributed by atoms with Gasteiger partial charge in [-0.3, -0.25) is 0 Å². The first-order chi connectivity index (χ1) is 8.65. The summed E-state index contributed by atoms with van der Waals surface area (Å²) in [5, 5.41) is 13.9. The number of rotatable bonds is 1. The Kier molecular flexibility index (Phi) is 2.29. The highest BCUT2D eigenvalue weighted by Crippen LogP contribution is 2.30. The average molecular weight is 236 g/mol. The fourth-order valence-electron chi connectivity index (χ4n) is 1.92. The van der Waals surface area contributed by atoms with Crippen LogP contribution in [-0.4, -0.2) is 32.5 Å². The number of benzene rings is 1. The molecule has 18 heavy (non-hydrogen) atoms. The Balaban J connectivity index is 2.25. The predicted octanol–water partition coefficient (Wildman–Crippen LogP) is 0.599. The maximum absolute atomic E-state index is 9.91. The van der Waals surface area contributed by atoms with Crippen LogP contribution in [-0.2, 0) is 0 Å². The van der Waals surface area contributed by atoms with Gasteiger partial charge in [-0.15, -0.1) is 0 Å². The fourth-order valence-corrected chi connectivity index (χ4v) is 1.92. The van der Waals surface area contributed by atoms with Crippen molar-refractivity contribution in [1.82, 2.24) is 19.6 Å². The number of hydrogen-bond donors (Lipinski definition) is 1. The van der Waals surface area contributed by atoms with E-state index >= 15 is 0 Å². The summed E-state index contributed by atoms with van der Waals surface area (Å²) in [5.74, 6) is 0.604. The van der Waals surface area contributed by atoms with Gasteiger partial charge < -0.3 is 5.11 Å². The molecule has 3 rings (SSSR count). The molecule has 1 aromatic carbocycles. The van der Waals surface area contributed by atoms with Gasteiger partial charge in [-0.25, -0.2) is 14.5 Å². The van der Waals surface area contributed by atoms with Gasteiger partial charge in [0.1, 0.15) is 5.75 Å². The number of fused-ring (bicyclic) bond motifs is 1. The third kappa shape index (κ3) is 1.62. The van der Waals surface area contributed by atoms with Crippen LogP contribution in [0.15, 0.2) is 30.5 Å². The van der Waals surface area contributed by atoms with Gasteiger partial charge in [0.25, 0.3) is 5.78 Å². The van der Waals surface area contributed by atoms with Crippen molar-refractivity contribution in [1.29, 1.82) is 0 Å². The first kappa shape index (κ1) is 10.8. The standard InChI is InChI=1S/C12H9BN4O/c1-7-3-2-4-9(18)10(7)8-5-6-17-12(14-8)15-11(13)16-17/h2-6,18H,1H3. The summed E-state index contributed by atoms with van der Waals surface area (Å²) in [6.07, 6.45) is 1.72. The smallest absolute Gasteiger partial charge is 0.252 e. The van der Waals surface area contributed by atoms with E-state index in [1.54, 1.807) is 24.4 Å². The maximum Gasteiger partial charge on any atom is 0.252 e. The second-order valence-electron chi connectivity index (χ2n) is 4.00. The average Bonchev–Trinajstić information content (AvgIpc) is 2.68. The normalized spacial score (nSPS) is 10.9. The molecule has 2 aromatic heterocycles. The van der Waals surface area contributed by atoms with Crippen molar-refractivity contribution >= 4 is 19.3 Å². The zero-order valence-electron chi connectivity index (χ0n) is 9.70. The summed E-state index contributed by atoms with van der Waals surface area (Å²) in [6, 6.07) is 7.11. The van der Waals surface area contributed by atoms with Crippen molar-refractivity contribution < 1.29 is 5.11 Å². The van der Waals surface area contributed by atoms with E-state index < -0.39 is 0 Å². The molecule has 6 heteroatoms. The monoisotopic (exact) mass is 236 g/mol. The van der Waals surface area contributed by atoms with E-state index in [1.807, 2.05) is 13.0 Å². The Morgan fingerprint density at radius 2 is 2.06 bits per heavy atom. The van der Waals surface area contributed by atoms with Crippen LogP contribution in [0.1, 0.15) is 5.56 Å². The Labute approximate surface area is 105 Å². The number of aromatic nitrogens is 4. The van der Waals surface area contributed by atoms with Gasteiger partial charge in [-0.1, -0.05) is 12.1 Å². The van der Waals surface area contributed by atoms with Gasteiger partial charge in [-0.2, -0.15) is 5.10 Å². The molecule has 3 aromatic rings. The Morgan fingerprint density at radius 1 is 1.22 bits per heavy atom. The van der Waals surface area contributed by atoms with Crippen molar-refractivity contribution in [2.45, 2.75) is 6.92 Å². The van der Waals surface area contributed by atoms with Crippen LogP contribution in [0.4, 0.5) is 0 Å². The zero-order chi connectivity index (χ0) is 12.7. The largest absolute Gasteiger partial charge is 0.507 e. The maximum atomic E-state index is 9.91. The topological polar surface area (TPSA) is 63.3 Å². The molecule has 0 saturated heterocycles. The summed E-state index contributed by atoms with van der Waals surface area (Å²) in [7, 11) is 5.51. The number of nitrogens with zero attached hydrogens (tertiary/aromatic N) is 4. The lowest BCUT2D eigenvalue weighted by Gasteiger charge is -2.07. The van der Waals surface area contributed by atoms with E-state index in [4.69, 9.17) is 7.85 Å². The number of phenolic OH excluding ortho intramolecular Hbond substituents is 1. The third-order valence-electron chi connectivity index (χ3n) is 2.73. The van der Waals surface area contributed by atoms with Crippen LogP contribution in [0.25, 0.3) is 17.0 Å². The van der Waals surface area contributed by atoms with Gasteiger partial charge >= 0.3 is 0 Å². The molecule has 86 valence electrons. The molecule has 0 unspecified atom stereocenters. The third-order valence-corrected chi connectivity index (χ3v) is 2.73. The first-order valence-electron chi connectivity index (χ1n) is 5.43. The first-order valence-corrected chi connectivity index (χ1v) is 5.43. The fraction of sp³-hybridized carbons (Fsp3) is 0.0833. The Bertz CT molecular complexity index is 718. The van der Waals surface area contributed by atoms with E-state index in [9.17, 15) is 5.11 Å². The summed E-state index contributed by atoms with van der Waals surface area (Å²) in [5.41, 5.74) is 2.46. The van der Waals surface area contributed by atoms with Crippen LogP contribution >= 0.6 is 0 Å². The SMILES string of the molecule is [B]c1nc2nc(-c3c(C)cccc3O)ccn2n1. The van der Waals surface area contributed by atoms with E-state index in [-0.39, 0.29) is 11.5 Å². The molecular formula is C12H9BN4O. The minimum absolute atomic E-state index is 0.175. The van der Waals surface area contributed by atoms with Gasteiger partial charge in [0.05, 0.1) is 11.4 Å². The van der Waals surface area contributed by atoms with Gasteiger partial charge in [0.15, 0.2) is 7.85 Å². The molecule has 0 aliphatic rings. The van der Waals surface area contributed by atoms with Crippen LogP contribution in [0, 0.1) is 6.92 Å². The van der Waals surface area contributed by atoms with Crippen molar-refractivity contribution in [3.63, 3.8) is 0 Å². The van der Waals surface area contributed by atoms with Crippen LogP contribution in [0.3, 0.4) is 0 Å². The molecule has 5 nitrogen and oxygen atoms in total. The highest BCUT2D eigenvalue weighted by Gasteiger charge is 2.10. The van der Waals surface area contributed by atoms with Crippen molar-refractivity contribution in [3.05, 3.63) is 36.0 Å². The number of aromatic hydroxyl groups is 1. The van der Waals surface area contributed by atoms with Crippen molar-refractivity contribution in [3.8, 4) is 17.0 Å². The molecule has 2 heterocycles.